The Kier molecular flexibility index (Phi) is 6.82. The molecule has 0 bridgehead atoms. The van der Waals surface area contributed by atoms with Crippen molar-refractivity contribution in [3.8, 4) is 0 Å². The lowest BCUT2D eigenvalue weighted by Crippen LogP contribution is -2.44. The average Bonchev–Trinajstić information content (AvgIpc) is 3.11. The molecule has 3 aromatic rings. The third kappa shape index (κ3) is 4.94. The Hall–Kier alpha value is -2.38. The summed E-state index contributed by atoms with van der Waals surface area (Å²) in [7, 11) is -3.95. The highest BCUT2D eigenvalue weighted by atomic mass is 35.5. The molecule has 1 aliphatic rings. The minimum absolute atomic E-state index is 0.0112. The number of carbonyl (C=O) groups excluding carboxylic acids is 1. The van der Waals surface area contributed by atoms with E-state index in [-0.39, 0.29) is 29.9 Å². The summed E-state index contributed by atoms with van der Waals surface area (Å²) in [5.74, 6) is -0.275. The maximum atomic E-state index is 13.6. The second kappa shape index (κ2) is 9.47. The number of nitrogens with zero attached hydrogens (tertiary/aromatic N) is 2. The van der Waals surface area contributed by atoms with Crippen LogP contribution in [0.1, 0.15) is 23.6 Å². The fourth-order valence-electron chi connectivity index (χ4n) is 4.10. The quantitative estimate of drug-likeness (QED) is 0.448. The highest BCUT2D eigenvalue weighted by Gasteiger charge is 2.34. The fraction of sp³-hybridized carbons (Fsp3) is 0.240. The number of amides is 1. The lowest BCUT2D eigenvalue weighted by Gasteiger charge is -2.27. The molecule has 1 amide bonds. The van der Waals surface area contributed by atoms with Gasteiger partial charge in [0, 0.05) is 18.3 Å². The molecule has 4 rings (SSSR count). The van der Waals surface area contributed by atoms with Gasteiger partial charge in [0.1, 0.15) is 0 Å². The maximum Gasteiger partial charge on any atom is 0.243 e. The summed E-state index contributed by atoms with van der Waals surface area (Å²) >= 11 is 12.2. The van der Waals surface area contributed by atoms with Crippen molar-refractivity contribution in [3.63, 3.8) is 0 Å². The van der Waals surface area contributed by atoms with Crippen molar-refractivity contribution in [2.24, 2.45) is 0 Å². The summed E-state index contributed by atoms with van der Waals surface area (Å²) in [6.45, 7) is 3.55. The first-order valence-corrected chi connectivity index (χ1v) is 12.8. The SMILES string of the molecule is Cc1ccc(S(=O)(=O)N(CC(=O)N2c3ccccc3C[C@@H]2C)Cc2ccc(Cl)c(Cl)c2)cc1. The molecule has 1 aliphatic heterocycles. The third-order valence-electron chi connectivity index (χ3n) is 5.79. The smallest absolute Gasteiger partial charge is 0.243 e. The van der Waals surface area contributed by atoms with Crippen LogP contribution >= 0.6 is 23.2 Å². The van der Waals surface area contributed by atoms with Gasteiger partial charge in [0.25, 0.3) is 0 Å². The van der Waals surface area contributed by atoms with Gasteiger partial charge in [-0.3, -0.25) is 4.79 Å². The summed E-state index contributed by atoms with van der Waals surface area (Å²) in [6.07, 6.45) is 0.736. The largest absolute Gasteiger partial charge is 0.308 e. The molecule has 0 N–H and O–H groups in total. The van der Waals surface area contributed by atoms with Crippen LogP contribution in [0.2, 0.25) is 10.0 Å². The van der Waals surface area contributed by atoms with E-state index in [1.165, 1.54) is 4.31 Å². The number of hydrogen-bond acceptors (Lipinski definition) is 3. The standard InChI is InChI=1S/C25H24Cl2N2O3S/c1-17-7-10-21(11-8-17)33(31,32)28(15-19-9-12-22(26)23(27)14-19)16-25(30)29-18(2)13-20-5-3-4-6-24(20)29/h3-12,14,18H,13,15-16H2,1-2H3/t18-/m0/s1. The Morgan fingerprint density at radius 3 is 2.42 bits per heavy atom. The zero-order valence-corrected chi connectivity index (χ0v) is 20.7. The van der Waals surface area contributed by atoms with Gasteiger partial charge in [-0.2, -0.15) is 4.31 Å². The van der Waals surface area contributed by atoms with Gasteiger partial charge in [-0.05, 0) is 61.7 Å². The molecule has 0 aliphatic carbocycles. The van der Waals surface area contributed by atoms with E-state index in [0.29, 0.717) is 15.6 Å². The Labute approximate surface area is 204 Å². The molecule has 0 radical (unpaired) electrons. The topological polar surface area (TPSA) is 57.7 Å². The number of halogens is 2. The summed E-state index contributed by atoms with van der Waals surface area (Å²) in [5.41, 5.74) is 3.50. The molecule has 0 saturated heterocycles. The second-order valence-corrected chi connectivity index (χ2v) is 11.0. The van der Waals surface area contributed by atoms with E-state index in [1.54, 1.807) is 47.4 Å². The monoisotopic (exact) mass is 502 g/mol. The lowest BCUT2D eigenvalue weighted by molar-refractivity contribution is -0.119. The second-order valence-electron chi connectivity index (χ2n) is 8.28. The molecule has 1 heterocycles. The molecule has 1 atom stereocenters. The molecule has 5 nitrogen and oxygen atoms in total. The summed E-state index contributed by atoms with van der Waals surface area (Å²) in [6, 6.07) is 19.2. The first-order chi connectivity index (χ1) is 15.7. The van der Waals surface area contributed by atoms with E-state index in [2.05, 4.69) is 0 Å². The molecular weight excluding hydrogens is 479 g/mol. The van der Waals surface area contributed by atoms with Crippen LogP contribution in [-0.4, -0.2) is 31.2 Å². The van der Waals surface area contributed by atoms with E-state index in [4.69, 9.17) is 23.2 Å². The Bertz CT molecular complexity index is 1290. The number of fused-ring (bicyclic) bond motifs is 1. The van der Waals surface area contributed by atoms with Crippen molar-refractivity contribution in [1.29, 1.82) is 0 Å². The first kappa shape index (κ1) is 23.8. The van der Waals surface area contributed by atoms with Crippen LogP contribution < -0.4 is 4.90 Å². The van der Waals surface area contributed by atoms with Crippen LogP contribution in [-0.2, 0) is 27.8 Å². The van der Waals surface area contributed by atoms with E-state index < -0.39 is 10.0 Å². The summed E-state index contributed by atoms with van der Waals surface area (Å²) in [4.78, 5) is 15.3. The van der Waals surface area contributed by atoms with Gasteiger partial charge in [-0.15, -0.1) is 0 Å². The molecule has 33 heavy (non-hydrogen) atoms. The summed E-state index contributed by atoms with van der Waals surface area (Å²) in [5, 5.41) is 0.710. The third-order valence-corrected chi connectivity index (χ3v) is 8.33. The highest BCUT2D eigenvalue weighted by Crippen LogP contribution is 2.32. The zero-order chi connectivity index (χ0) is 23.8. The van der Waals surface area contributed by atoms with Crippen molar-refractivity contribution in [2.75, 3.05) is 11.4 Å². The summed E-state index contributed by atoms with van der Waals surface area (Å²) < 4.78 is 28.3. The maximum absolute atomic E-state index is 13.6. The minimum Gasteiger partial charge on any atom is -0.308 e. The number of hydrogen-bond donors (Lipinski definition) is 0. The van der Waals surface area contributed by atoms with Gasteiger partial charge in [-0.25, -0.2) is 8.42 Å². The molecule has 0 aromatic heterocycles. The molecule has 0 saturated carbocycles. The van der Waals surface area contributed by atoms with E-state index in [1.807, 2.05) is 38.1 Å². The van der Waals surface area contributed by atoms with Crippen LogP contribution in [0, 0.1) is 6.92 Å². The van der Waals surface area contributed by atoms with Gasteiger partial charge >= 0.3 is 0 Å². The highest BCUT2D eigenvalue weighted by molar-refractivity contribution is 7.89. The normalized spacial score (nSPS) is 15.7. The number of para-hydroxylation sites is 1. The fourth-order valence-corrected chi connectivity index (χ4v) is 5.80. The van der Waals surface area contributed by atoms with Gasteiger partial charge < -0.3 is 4.90 Å². The van der Waals surface area contributed by atoms with Crippen molar-refractivity contribution in [1.82, 2.24) is 4.31 Å². The van der Waals surface area contributed by atoms with Crippen LogP contribution in [0.15, 0.2) is 71.6 Å². The molecule has 8 heteroatoms. The van der Waals surface area contributed by atoms with Crippen molar-refractivity contribution in [3.05, 3.63) is 93.5 Å². The first-order valence-electron chi connectivity index (χ1n) is 10.6. The number of aryl methyl sites for hydroxylation is 1. The van der Waals surface area contributed by atoms with Crippen LogP contribution in [0.25, 0.3) is 0 Å². The number of carbonyl (C=O) groups is 1. The van der Waals surface area contributed by atoms with Crippen molar-refractivity contribution >= 4 is 44.8 Å². The predicted octanol–water partition coefficient (Wildman–Crippen LogP) is 5.47. The molecule has 3 aromatic carbocycles. The van der Waals surface area contributed by atoms with Gasteiger partial charge in [0.15, 0.2) is 0 Å². The Morgan fingerprint density at radius 2 is 1.73 bits per heavy atom. The number of benzene rings is 3. The van der Waals surface area contributed by atoms with E-state index in [9.17, 15) is 13.2 Å². The van der Waals surface area contributed by atoms with E-state index >= 15 is 0 Å². The van der Waals surface area contributed by atoms with E-state index in [0.717, 1.165) is 23.2 Å². The number of anilines is 1. The lowest BCUT2D eigenvalue weighted by atomic mass is 10.1. The molecular formula is C25H24Cl2N2O3S. The number of rotatable bonds is 6. The Balaban J connectivity index is 1.68. The zero-order valence-electron chi connectivity index (χ0n) is 18.3. The van der Waals surface area contributed by atoms with Gasteiger partial charge in [-0.1, -0.05) is 65.2 Å². The molecule has 0 unspecified atom stereocenters. The van der Waals surface area contributed by atoms with Crippen molar-refractivity contribution < 1.29 is 13.2 Å². The Morgan fingerprint density at radius 1 is 1.03 bits per heavy atom. The average molecular weight is 503 g/mol. The van der Waals surface area contributed by atoms with Crippen LogP contribution in [0.4, 0.5) is 5.69 Å². The van der Waals surface area contributed by atoms with Gasteiger partial charge in [0.2, 0.25) is 15.9 Å². The molecule has 0 fully saturated rings. The number of sulfonamides is 1. The van der Waals surface area contributed by atoms with Crippen LogP contribution in [0.5, 0.6) is 0 Å². The van der Waals surface area contributed by atoms with Crippen molar-refractivity contribution in [2.45, 2.75) is 37.8 Å². The predicted molar refractivity (Wildman–Crippen MR) is 132 cm³/mol. The molecule has 0 spiro atoms. The minimum atomic E-state index is -3.95. The van der Waals surface area contributed by atoms with Crippen LogP contribution in [0.3, 0.4) is 0 Å². The molecule has 172 valence electrons. The van der Waals surface area contributed by atoms with Gasteiger partial charge in [0.05, 0.1) is 21.5 Å².